The molecule has 3 unspecified atom stereocenters. The van der Waals surface area contributed by atoms with Crippen molar-refractivity contribution in [3.05, 3.63) is 35.9 Å². The van der Waals surface area contributed by atoms with Crippen LogP contribution in [0.1, 0.15) is 37.8 Å². The Morgan fingerprint density at radius 2 is 2.06 bits per heavy atom. The van der Waals surface area contributed by atoms with E-state index in [9.17, 15) is 0 Å². The topological polar surface area (TPSA) is 15.3 Å². The molecule has 0 aliphatic carbocycles. The number of nitrogens with zero attached hydrogens (tertiary/aromatic N) is 1. The van der Waals surface area contributed by atoms with Gasteiger partial charge >= 0.3 is 0 Å². The first kappa shape index (κ1) is 12.2. The summed E-state index contributed by atoms with van der Waals surface area (Å²) in [5, 5.41) is 3.58. The van der Waals surface area contributed by atoms with Crippen molar-refractivity contribution in [1.29, 1.82) is 0 Å². The van der Waals surface area contributed by atoms with E-state index in [1.54, 1.807) is 0 Å². The normalized spacial score (nSPS) is 33.1. The maximum absolute atomic E-state index is 3.58. The van der Waals surface area contributed by atoms with Crippen molar-refractivity contribution in [3.8, 4) is 0 Å². The molecule has 2 heteroatoms. The molecule has 3 rings (SSSR count). The highest BCUT2D eigenvalue weighted by Crippen LogP contribution is 2.36. The summed E-state index contributed by atoms with van der Waals surface area (Å²) in [7, 11) is 0. The third-order valence-electron chi connectivity index (χ3n) is 4.73. The molecule has 2 aliphatic heterocycles. The summed E-state index contributed by atoms with van der Waals surface area (Å²) in [6.07, 6.45) is 3.99. The van der Waals surface area contributed by atoms with Crippen LogP contribution in [0, 0.1) is 5.92 Å². The van der Waals surface area contributed by atoms with E-state index in [-0.39, 0.29) is 0 Å². The fourth-order valence-electron chi connectivity index (χ4n) is 3.74. The molecule has 2 aliphatic rings. The van der Waals surface area contributed by atoms with Crippen LogP contribution < -0.4 is 5.32 Å². The zero-order valence-electron chi connectivity index (χ0n) is 11.3. The Hall–Kier alpha value is -0.860. The average Bonchev–Trinajstić information content (AvgIpc) is 3.07. The molecule has 0 aromatic heterocycles. The first-order valence-electron chi connectivity index (χ1n) is 7.41. The molecule has 0 amide bonds. The van der Waals surface area contributed by atoms with E-state index in [0.717, 1.165) is 12.0 Å². The second kappa shape index (κ2) is 5.41. The molecule has 2 fully saturated rings. The third-order valence-corrected chi connectivity index (χ3v) is 4.73. The van der Waals surface area contributed by atoms with Gasteiger partial charge in [-0.2, -0.15) is 0 Å². The summed E-state index contributed by atoms with van der Waals surface area (Å²) in [6, 6.07) is 12.5. The lowest BCUT2D eigenvalue weighted by molar-refractivity contribution is 0.155. The molecule has 0 saturated carbocycles. The minimum absolute atomic E-state index is 0.658. The van der Waals surface area contributed by atoms with Gasteiger partial charge in [0.1, 0.15) is 0 Å². The SMILES string of the molecule is CCC1CNCC1N1CCCC1c1ccccc1. The predicted octanol–water partition coefficient (Wildman–Crippen LogP) is 2.82. The van der Waals surface area contributed by atoms with Crippen molar-refractivity contribution < 1.29 is 0 Å². The number of rotatable bonds is 3. The van der Waals surface area contributed by atoms with Crippen LogP contribution in [-0.4, -0.2) is 30.6 Å². The van der Waals surface area contributed by atoms with Gasteiger partial charge in [0.25, 0.3) is 0 Å². The minimum Gasteiger partial charge on any atom is -0.315 e. The molecule has 1 N–H and O–H groups in total. The van der Waals surface area contributed by atoms with Gasteiger partial charge in [-0.15, -0.1) is 0 Å². The summed E-state index contributed by atoms with van der Waals surface area (Å²) < 4.78 is 0. The minimum atomic E-state index is 0.658. The molecule has 18 heavy (non-hydrogen) atoms. The molecule has 2 nitrogen and oxygen atoms in total. The highest BCUT2D eigenvalue weighted by atomic mass is 15.2. The van der Waals surface area contributed by atoms with Gasteiger partial charge in [-0.05, 0) is 37.4 Å². The Morgan fingerprint density at radius 1 is 1.22 bits per heavy atom. The molecule has 0 spiro atoms. The number of likely N-dealkylation sites (tertiary alicyclic amines) is 1. The fraction of sp³-hybridized carbons (Fsp3) is 0.625. The number of nitrogens with one attached hydrogen (secondary N) is 1. The van der Waals surface area contributed by atoms with E-state index in [0.29, 0.717) is 6.04 Å². The quantitative estimate of drug-likeness (QED) is 0.879. The molecule has 1 aromatic rings. The Morgan fingerprint density at radius 3 is 2.83 bits per heavy atom. The van der Waals surface area contributed by atoms with Gasteiger partial charge in [-0.1, -0.05) is 43.7 Å². The van der Waals surface area contributed by atoms with Gasteiger partial charge in [0.05, 0.1) is 0 Å². The van der Waals surface area contributed by atoms with Crippen LogP contribution >= 0.6 is 0 Å². The largest absolute Gasteiger partial charge is 0.315 e. The van der Waals surface area contributed by atoms with E-state index in [2.05, 4.69) is 47.5 Å². The van der Waals surface area contributed by atoms with E-state index < -0.39 is 0 Å². The zero-order chi connectivity index (χ0) is 12.4. The molecular formula is C16H24N2. The van der Waals surface area contributed by atoms with Crippen LogP contribution in [-0.2, 0) is 0 Å². The fourth-order valence-corrected chi connectivity index (χ4v) is 3.74. The van der Waals surface area contributed by atoms with Gasteiger partial charge in [-0.25, -0.2) is 0 Å². The third kappa shape index (κ3) is 2.19. The Balaban J connectivity index is 1.79. The van der Waals surface area contributed by atoms with Gasteiger partial charge < -0.3 is 5.32 Å². The zero-order valence-corrected chi connectivity index (χ0v) is 11.3. The summed E-state index contributed by atoms with van der Waals surface area (Å²) in [4.78, 5) is 2.77. The van der Waals surface area contributed by atoms with Crippen molar-refractivity contribution in [2.24, 2.45) is 5.92 Å². The van der Waals surface area contributed by atoms with Crippen molar-refractivity contribution in [2.45, 2.75) is 38.3 Å². The maximum Gasteiger partial charge on any atom is 0.0352 e. The van der Waals surface area contributed by atoms with Crippen LogP contribution in [0.2, 0.25) is 0 Å². The van der Waals surface area contributed by atoms with Crippen molar-refractivity contribution in [3.63, 3.8) is 0 Å². The molecule has 2 saturated heterocycles. The summed E-state index contributed by atoms with van der Waals surface area (Å²) in [5.74, 6) is 0.842. The van der Waals surface area contributed by atoms with Gasteiger partial charge in [0.15, 0.2) is 0 Å². The van der Waals surface area contributed by atoms with Crippen LogP contribution in [0.3, 0.4) is 0 Å². The highest BCUT2D eigenvalue weighted by molar-refractivity contribution is 5.20. The number of hydrogen-bond donors (Lipinski definition) is 1. The van der Waals surface area contributed by atoms with E-state index in [1.165, 1.54) is 44.5 Å². The lowest BCUT2D eigenvalue weighted by atomic mass is 9.96. The standard InChI is InChI=1S/C16H24N2/c1-2-13-11-17-12-16(13)18-10-6-9-15(18)14-7-4-3-5-8-14/h3-5,7-8,13,15-17H,2,6,9-12H2,1H3. The maximum atomic E-state index is 3.58. The van der Waals surface area contributed by atoms with Crippen molar-refractivity contribution >= 4 is 0 Å². The molecule has 0 radical (unpaired) electrons. The molecule has 3 atom stereocenters. The predicted molar refractivity (Wildman–Crippen MR) is 75.6 cm³/mol. The van der Waals surface area contributed by atoms with Crippen LogP contribution in [0.15, 0.2) is 30.3 Å². The lowest BCUT2D eigenvalue weighted by Crippen LogP contribution is -2.40. The van der Waals surface area contributed by atoms with Gasteiger partial charge in [0.2, 0.25) is 0 Å². The number of hydrogen-bond acceptors (Lipinski definition) is 2. The molecule has 98 valence electrons. The summed E-state index contributed by atoms with van der Waals surface area (Å²) in [6.45, 7) is 6.00. The first-order chi connectivity index (χ1) is 8.90. The molecule has 2 heterocycles. The second-order valence-corrected chi connectivity index (χ2v) is 5.70. The number of benzene rings is 1. The van der Waals surface area contributed by atoms with E-state index in [1.807, 2.05) is 0 Å². The highest BCUT2D eigenvalue weighted by Gasteiger charge is 2.37. The summed E-state index contributed by atoms with van der Waals surface area (Å²) in [5.41, 5.74) is 1.51. The second-order valence-electron chi connectivity index (χ2n) is 5.70. The Kier molecular flexibility index (Phi) is 3.67. The first-order valence-corrected chi connectivity index (χ1v) is 7.41. The smallest absolute Gasteiger partial charge is 0.0352 e. The van der Waals surface area contributed by atoms with Crippen LogP contribution in [0.25, 0.3) is 0 Å². The van der Waals surface area contributed by atoms with E-state index >= 15 is 0 Å². The van der Waals surface area contributed by atoms with Crippen LogP contribution in [0.5, 0.6) is 0 Å². The average molecular weight is 244 g/mol. The molecule has 1 aromatic carbocycles. The van der Waals surface area contributed by atoms with Crippen LogP contribution in [0.4, 0.5) is 0 Å². The van der Waals surface area contributed by atoms with Gasteiger partial charge in [-0.3, -0.25) is 4.90 Å². The Labute approximate surface area is 110 Å². The van der Waals surface area contributed by atoms with E-state index in [4.69, 9.17) is 0 Å². The van der Waals surface area contributed by atoms with Crippen molar-refractivity contribution in [1.82, 2.24) is 10.2 Å². The van der Waals surface area contributed by atoms with Crippen molar-refractivity contribution in [2.75, 3.05) is 19.6 Å². The summed E-state index contributed by atoms with van der Waals surface area (Å²) >= 11 is 0. The van der Waals surface area contributed by atoms with Gasteiger partial charge in [0, 0.05) is 18.6 Å². The molecular weight excluding hydrogens is 220 g/mol. The Bertz CT molecular complexity index is 376. The lowest BCUT2D eigenvalue weighted by Gasteiger charge is -2.33. The monoisotopic (exact) mass is 244 g/mol. The molecule has 0 bridgehead atoms.